The van der Waals surface area contributed by atoms with Crippen molar-refractivity contribution in [3.8, 4) is 11.5 Å². The molecule has 1 aliphatic heterocycles. The molecular formula is C17H20N6S. The zero-order chi connectivity index (χ0) is 16.4. The molecule has 24 heavy (non-hydrogen) atoms. The summed E-state index contributed by atoms with van der Waals surface area (Å²) in [6, 6.07) is 1.99. The van der Waals surface area contributed by atoms with Gasteiger partial charge in [0.25, 0.3) is 0 Å². The Morgan fingerprint density at radius 3 is 2.88 bits per heavy atom. The molecule has 7 heteroatoms. The van der Waals surface area contributed by atoms with Crippen molar-refractivity contribution in [1.82, 2.24) is 29.8 Å². The fraction of sp³-hybridized carbons (Fsp3) is 0.412. The number of nitrogens with one attached hydrogen (secondary N) is 1. The van der Waals surface area contributed by atoms with E-state index in [0.29, 0.717) is 5.92 Å². The first-order valence-corrected chi connectivity index (χ1v) is 9.11. The molecule has 0 bridgehead atoms. The second kappa shape index (κ2) is 6.78. The number of imidazole rings is 1. The molecule has 124 valence electrons. The molecule has 4 rings (SSSR count). The van der Waals surface area contributed by atoms with Crippen LogP contribution in [-0.4, -0.2) is 42.9 Å². The summed E-state index contributed by atoms with van der Waals surface area (Å²) in [6.07, 6.45) is 7.74. The predicted molar refractivity (Wildman–Crippen MR) is 93.7 cm³/mol. The minimum atomic E-state index is 0.427. The number of hydrogen-bond acceptors (Lipinski definition) is 6. The predicted octanol–water partition coefficient (Wildman–Crippen LogP) is 3.01. The van der Waals surface area contributed by atoms with E-state index in [4.69, 9.17) is 4.98 Å². The number of aromatic amines is 1. The van der Waals surface area contributed by atoms with Crippen molar-refractivity contribution in [1.29, 1.82) is 0 Å². The van der Waals surface area contributed by atoms with E-state index in [9.17, 15) is 0 Å². The lowest BCUT2D eigenvalue weighted by atomic mass is 9.95. The average molecular weight is 340 g/mol. The molecular weight excluding hydrogens is 320 g/mol. The van der Waals surface area contributed by atoms with Gasteiger partial charge in [-0.25, -0.2) is 15.0 Å². The van der Waals surface area contributed by atoms with Gasteiger partial charge in [-0.05, 0) is 38.9 Å². The van der Waals surface area contributed by atoms with Crippen molar-refractivity contribution in [3.05, 3.63) is 46.6 Å². The smallest absolute Gasteiger partial charge is 0.156 e. The summed E-state index contributed by atoms with van der Waals surface area (Å²) in [4.78, 5) is 24.9. The SMILES string of the molecule is Cc1cc(-c2ncc[nH]2)nc(C2CCN(Cc3cncs3)CC2)n1. The van der Waals surface area contributed by atoms with Crippen molar-refractivity contribution in [2.24, 2.45) is 0 Å². The maximum atomic E-state index is 4.77. The number of thiazole rings is 1. The van der Waals surface area contributed by atoms with E-state index in [1.54, 1.807) is 17.5 Å². The number of nitrogens with zero attached hydrogens (tertiary/aromatic N) is 5. The fourth-order valence-corrected chi connectivity index (χ4v) is 3.83. The van der Waals surface area contributed by atoms with Crippen LogP contribution in [0.1, 0.15) is 35.2 Å². The zero-order valence-corrected chi connectivity index (χ0v) is 14.5. The normalized spacial score (nSPS) is 16.5. The van der Waals surface area contributed by atoms with E-state index < -0.39 is 0 Å². The molecule has 0 aliphatic carbocycles. The molecule has 3 aromatic heterocycles. The van der Waals surface area contributed by atoms with Crippen molar-refractivity contribution in [3.63, 3.8) is 0 Å². The highest BCUT2D eigenvalue weighted by molar-refractivity contribution is 7.09. The van der Waals surface area contributed by atoms with Crippen molar-refractivity contribution < 1.29 is 0 Å². The molecule has 4 heterocycles. The van der Waals surface area contributed by atoms with Crippen LogP contribution in [0.5, 0.6) is 0 Å². The Morgan fingerprint density at radius 2 is 2.17 bits per heavy atom. The van der Waals surface area contributed by atoms with E-state index in [-0.39, 0.29) is 0 Å². The third-order valence-corrected chi connectivity index (χ3v) is 5.19. The molecule has 1 fully saturated rings. The summed E-state index contributed by atoms with van der Waals surface area (Å²) in [5.41, 5.74) is 3.78. The number of aromatic nitrogens is 5. The lowest BCUT2D eigenvalue weighted by Gasteiger charge is -2.30. The highest BCUT2D eigenvalue weighted by Gasteiger charge is 2.23. The molecule has 0 saturated carbocycles. The monoisotopic (exact) mass is 340 g/mol. The van der Waals surface area contributed by atoms with Gasteiger partial charge in [-0.2, -0.15) is 0 Å². The van der Waals surface area contributed by atoms with Gasteiger partial charge in [-0.15, -0.1) is 11.3 Å². The van der Waals surface area contributed by atoms with Gasteiger partial charge >= 0.3 is 0 Å². The number of piperidine rings is 1. The van der Waals surface area contributed by atoms with E-state index in [1.165, 1.54) is 4.88 Å². The van der Waals surface area contributed by atoms with Crippen LogP contribution in [0.25, 0.3) is 11.5 Å². The Balaban J connectivity index is 1.45. The maximum absolute atomic E-state index is 4.77. The van der Waals surface area contributed by atoms with Gasteiger partial charge in [-0.3, -0.25) is 9.88 Å². The van der Waals surface area contributed by atoms with Gasteiger partial charge in [-0.1, -0.05) is 0 Å². The fourth-order valence-electron chi connectivity index (χ4n) is 3.19. The van der Waals surface area contributed by atoms with Gasteiger partial charge in [0.05, 0.1) is 5.51 Å². The average Bonchev–Trinajstić information content (AvgIpc) is 3.29. The summed E-state index contributed by atoms with van der Waals surface area (Å²) in [6.45, 7) is 5.19. The molecule has 0 spiro atoms. The van der Waals surface area contributed by atoms with Gasteiger partial charge < -0.3 is 4.98 Å². The van der Waals surface area contributed by atoms with E-state index >= 15 is 0 Å². The molecule has 1 N–H and O–H groups in total. The minimum Gasteiger partial charge on any atom is -0.343 e. The molecule has 0 radical (unpaired) electrons. The first kappa shape index (κ1) is 15.4. The van der Waals surface area contributed by atoms with Crippen LogP contribution in [0.2, 0.25) is 0 Å². The Labute approximate surface area is 145 Å². The third-order valence-electron chi connectivity index (χ3n) is 4.43. The number of rotatable bonds is 4. The van der Waals surface area contributed by atoms with Crippen LogP contribution in [0.15, 0.2) is 30.2 Å². The van der Waals surface area contributed by atoms with E-state index in [0.717, 1.165) is 55.5 Å². The van der Waals surface area contributed by atoms with Crippen LogP contribution in [-0.2, 0) is 6.54 Å². The second-order valence-electron chi connectivity index (χ2n) is 6.21. The topological polar surface area (TPSA) is 70.6 Å². The highest BCUT2D eigenvalue weighted by atomic mass is 32.1. The van der Waals surface area contributed by atoms with Crippen molar-refractivity contribution >= 4 is 11.3 Å². The van der Waals surface area contributed by atoms with E-state index in [1.807, 2.05) is 30.9 Å². The Kier molecular flexibility index (Phi) is 4.36. The lowest BCUT2D eigenvalue weighted by Crippen LogP contribution is -2.32. The Morgan fingerprint density at radius 1 is 1.29 bits per heavy atom. The Hall–Kier alpha value is -2.12. The first-order valence-electron chi connectivity index (χ1n) is 8.23. The van der Waals surface area contributed by atoms with Gasteiger partial charge in [0, 0.05) is 41.6 Å². The van der Waals surface area contributed by atoms with Gasteiger partial charge in [0.1, 0.15) is 11.5 Å². The van der Waals surface area contributed by atoms with Crippen LogP contribution < -0.4 is 0 Å². The van der Waals surface area contributed by atoms with Gasteiger partial charge in [0.15, 0.2) is 5.82 Å². The summed E-state index contributed by atoms with van der Waals surface area (Å²) in [5.74, 6) is 2.19. The maximum Gasteiger partial charge on any atom is 0.156 e. The number of likely N-dealkylation sites (tertiary alicyclic amines) is 1. The van der Waals surface area contributed by atoms with Crippen LogP contribution in [0, 0.1) is 6.92 Å². The molecule has 6 nitrogen and oxygen atoms in total. The van der Waals surface area contributed by atoms with Crippen molar-refractivity contribution in [2.45, 2.75) is 32.2 Å². The quantitative estimate of drug-likeness (QED) is 0.790. The van der Waals surface area contributed by atoms with Crippen LogP contribution >= 0.6 is 11.3 Å². The van der Waals surface area contributed by atoms with Crippen LogP contribution in [0.4, 0.5) is 0 Å². The van der Waals surface area contributed by atoms with Gasteiger partial charge in [0.2, 0.25) is 0 Å². The molecule has 3 aromatic rings. The molecule has 0 amide bonds. The van der Waals surface area contributed by atoms with Crippen LogP contribution in [0.3, 0.4) is 0 Å². The Bertz CT molecular complexity index is 776. The number of hydrogen-bond donors (Lipinski definition) is 1. The molecule has 0 atom stereocenters. The second-order valence-corrected chi connectivity index (χ2v) is 7.18. The molecule has 1 aliphatic rings. The first-order chi connectivity index (χ1) is 11.8. The molecule has 0 unspecified atom stereocenters. The largest absolute Gasteiger partial charge is 0.343 e. The number of aryl methyl sites for hydroxylation is 1. The van der Waals surface area contributed by atoms with Crippen molar-refractivity contribution in [2.75, 3.05) is 13.1 Å². The minimum absolute atomic E-state index is 0.427. The van der Waals surface area contributed by atoms with E-state index in [2.05, 4.69) is 24.8 Å². The molecule has 0 aromatic carbocycles. The standard InChI is InChI=1S/C17H20N6S/c1-12-8-15(17-19-4-5-20-17)22-16(21-12)13-2-6-23(7-3-13)10-14-9-18-11-24-14/h4-5,8-9,11,13H,2-3,6-7,10H2,1H3,(H,19,20). The summed E-state index contributed by atoms with van der Waals surface area (Å²) >= 11 is 1.73. The highest BCUT2D eigenvalue weighted by Crippen LogP contribution is 2.28. The third kappa shape index (κ3) is 3.37. The summed E-state index contributed by atoms with van der Waals surface area (Å²) < 4.78 is 0. The zero-order valence-electron chi connectivity index (χ0n) is 13.6. The molecule has 1 saturated heterocycles. The lowest BCUT2D eigenvalue weighted by molar-refractivity contribution is 0.203. The number of H-pyrrole nitrogens is 1. The summed E-state index contributed by atoms with van der Waals surface area (Å²) in [5, 5.41) is 0. The summed E-state index contributed by atoms with van der Waals surface area (Å²) in [7, 11) is 0.